The molecule has 2 fully saturated rings. The molecule has 1 aromatic carbocycles. The number of amides is 2. The van der Waals surface area contributed by atoms with Crippen molar-refractivity contribution < 1.29 is 22.7 Å². The van der Waals surface area contributed by atoms with Crippen LogP contribution in [0.5, 0.6) is 0 Å². The predicted octanol–water partition coefficient (Wildman–Crippen LogP) is 4.18. The lowest BCUT2D eigenvalue weighted by molar-refractivity contribution is -0.125. The van der Waals surface area contributed by atoms with Crippen molar-refractivity contribution in [2.24, 2.45) is 10.9 Å². The molecule has 0 bridgehead atoms. The van der Waals surface area contributed by atoms with Crippen LogP contribution in [0.4, 0.5) is 4.79 Å². The molecule has 1 saturated heterocycles. The lowest BCUT2D eigenvalue weighted by Gasteiger charge is -2.34. The van der Waals surface area contributed by atoms with E-state index in [9.17, 15) is 18.0 Å². The molecule has 216 valence electrons. The first-order valence-electron chi connectivity index (χ1n) is 14.2. The van der Waals surface area contributed by atoms with Crippen molar-refractivity contribution in [3.8, 4) is 0 Å². The molecule has 2 heterocycles. The zero-order valence-electron chi connectivity index (χ0n) is 24.1. The minimum Gasteiger partial charge on any atom is -0.444 e. The summed E-state index contributed by atoms with van der Waals surface area (Å²) in [6, 6.07) is 5.87. The van der Waals surface area contributed by atoms with Gasteiger partial charge in [0, 0.05) is 32.6 Å². The topological polar surface area (TPSA) is 108 Å². The average Bonchev–Trinajstić information content (AvgIpc) is 3.18. The maximum atomic E-state index is 13.2. The fourth-order valence-electron chi connectivity index (χ4n) is 5.77. The largest absolute Gasteiger partial charge is 0.444 e. The van der Waals surface area contributed by atoms with Crippen LogP contribution in [-0.2, 0) is 32.5 Å². The molecule has 4 rings (SSSR count). The highest BCUT2D eigenvalue weighted by atomic mass is 32.2. The summed E-state index contributed by atoms with van der Waals surface area (Å²) in [5.41, 5.74) is 1.55. The molecule has 10 heteroatoms. The van der Waals surface area contributed by atoms with Gasteiger partial charge in [-0.1, -0.05) is 37.5 Å². The Balaban J connectivity index is 1.31. The number of carbonyl (C=O) groups is 2. The Kier molecular flexibility index (Phi) is 8.76. The van der Waals surface area contributed by atoms with Gasteiger partial charge in [0.05, 0.1) is 5.75 Å². The number of ether oxygens (including phenoxy) is 1. The molecule has 1 spiro atoms. The molecule has 0 atom stereocenters. The molecule has 1 saturated carbocycles. The maximum absolute atomic E-state index is 13.2. The number of amidine groups is 1. The summed E-state index contributed by atoms with van der Waals surface area (Å²) in [4.78, 5) is 31.5. The van der Waals surface area contributed by atoms with Gasteiger partial charge < -0.3 is 15.0 Å². The van der Waals surface area contributed by atoms with Crippen molar-refractivity contribution in [2.45, 2.75) is 96.7 Å². The van der Waals surface area contributed by atoms with Crippen molar-refractivity contribution in [3.05, 3.63) is 34.9 Å². The molecule has 1 aromatic rings. The highest BCUT2D eigenvalue weighted by molar-refractivity contribution is 7.89. The van der Waals surface area contributed by atoms with Gasteiger partial charge >= 0.3 is 6.09 Å². The molecular weight excluding hydrogens is 516 g/mol. The summed E-state index contributed by atoms with van der Waals surface area (Å²) in [6.07, 6.45) is 6.58. The third-order valence-electron chi connectivity index (χ3n) is 8.09. The molecule has 1 N–H and O–H groups in total. The van der Waals surface area contributed by atoms with E-state index in [1.54, 1.807) is 7.05 Å². The number of carbonyl (C=O) groups excluding carboxylic acids is 2. The second-order valence-electron chi connectivity index (χ2n) is 12.4. The molecule has 39 heavy (non-hydrogen) atoms. The first kappa shape index (κ1) is 29.5. The Morgan fingerprint density at radius 1 is 1.18 bits per heavy atom. The minimum atomic E-state index is -3.47. The average molecular weight is 561 g/mol. The first-order chi connectivity index (χ1) is 18.3. The van der Waals surface area contributed by atoms with Crippen molar-refractivity contribution in [1.82, 2.24) is 14.5 Å². The van der Waals surface area contributed by atoms with Crippen molar-refractivity contribution in [1.29, 1.82) is 0 Å². The van der Waals surface area contributed by atoms with Gasteiger partial charge in [0.2, 0.25) is 10.0 Å². The monoisotopic (exact) mass is 560 g/mol. The predicted molar refractivity (Wildman–Crippen MR) is 152 cm³/mol. The lowest BCUT2D eigenvalue weighted by Crippen LogP contribution is -2.51. The number of sulfonamides is 1. The molecule has 0 unspecified atom stereocenters. The first-order valence-corrected chi connectivity index (χ1v) is 15.8. The van der Waals surface area contributed by atoms with Crippen LogP contribution in [0.2, 0.25) is 0 Å². The van der Waals surface area contributed by atoms with Crippen LogP contribution in [0.15, 0.2) is 23.2 Å². The van der Waals surface area contributed by atoms with Gasteiger partial charge in [-0.15, -0.1) is 0 Å². The van der Waals surface area contributed by atoms with E-state index >= 15 is 0 Å². The van der Waals surface area contributed by atoms with Crippen molar-refractivity contribution in [2.75, 3.05) is 25.9 Å². The smallest absolute Gasteiger partial charge is 0.410 e. The van der Waals surface area contributed by atoms with Gasteiger partial charge in [0.25, 0.3) is 5.91 Å². The number of benzene rings is 1. The fourth-order valence-corrected chi connectivity index (χ4v) is 7.24. The summed E-state index contributed by atoms with van der Waals surface area (Å²) >= 11 is 0. The number of aliphatic imine (C=N–C) groups is 1. The van der Waals surface area contributed by atoms with Crippen LogP contribution < -0.4 is 5.32 Å². The maximum Gasteiger partial charge on any atom is 0.410 e. The van der Waals surface area contributed by atoms with Gasteiger partial charge in [-0.25, -0.2) is 17.5 Å². The van der Waals surface area contributed by atoms with E-state index in [1.807, 2.05) is 45.9 Å². The van der Waals surface area contributed by atoms with E-state index in [4.69, 9.17) is 9.73 Å². The van der Waals surface area contributed by atoms with E-state index in [0.29, 0.717) is 44.8 Å². The van der Waals surface area contributed by atoms with Crippen LogP contribution >= 0.6 is 0 Å². The molecular formula is C29H44N4O5S. The van der Waals surface area contributed by atoms with E-state index in [2.05, 4.69) is 5.32 Å². The molecule has 0 aromatic heterocycles. The highest BCUT2D eigenvalue weighted by Gasteiger charge is 2.48. The summed E-state index contributed by atoms with van der Waals surface area (Å²) in [5.74, 6) is 1.11. The molecule has 0 radical (unpaired) electrons. The van der Waals surface area contributed by atoms with E-state index in [-0.39, 0.29) is 17.8 Å². The standard InChI is InChI=1S/C29H44N4O5S/c1-21-19-22(20-32(5)27(35)38-28(2,3)4)11-12-23(21)13-18-39(36,37)33-16-14-29(15-17-33)26(34)30-25(31-29)24-9-7-6-8-10-24/h11-12,19,24H,6-10,13-18,20H2,1-5H3,(H,30,31,34). The van der Waals surface area contributed by atoms with Gasteiger partial charge in [-0.2, -0.15) is 0 Å². The number of hydrogen-bond acceptors (Lipinski definition) is 6. The van der Waals surface area contributed by atoms with E-state index < -0.39 is 21.2 Å². The zero-order chi connectivity index (χ0) is 28.4. The van der Waals surface area contributed by atoms with Crippen molar-refractivity contribution >= 4 is 27.9 Å². The summed E-state index contributed by atoms with van der Waals surface area (Å²) in [5, 5.41) is 3.04. The third-order valence-corrected chi connectivity index (χ3v) is 9.97. The van der Waals surface area contributed by atoms with Gasteiger partial charge in [-0.05, 0) is 76.5 Å². The Labute approximate surface area is 233 Å². The fraction of sp³-hybridized carbons (Fsp3) is 0.690. The molecule has 3 aliphatic rings. The second-order valence-corrected chi connectivity index (χ2v) is 14.5. The van der Waals surface area contributed by atoms with Gasteiger partial charge in [-0.3, -0.25) is 9.79 Å². The number of rotatable bonds is 7. The normalized spacial score (nSPS) is 20.5. The van der Waals surface area contributed by atoms with Crippen LogP contribution in [0.25, 0.3) is 0 Å². The summed E-state index contributed by atoms with van der Waals surface area (Å²) in [7, 11) is -1.77. The molecule has 2 aliphatic heterocycles. The third kappa shape index (κ3) is 7.20. The van der Waals surface area contributed by atoms with E-state index in [0.717, 1.165) is 35.4 Å². The number of nitrogens with one attached hydrogen (secondary N) is 1. The van der Waals surface area contributed by atoms with Crippen molar-refractivity contribution in [3.63, 3.8) is 0 Å². The van der Waals surface area contributed by atoms with Crippen LogP contribution in [0, 0.1) is 12.8 Å². The van der Waals surface area contributed by atoms with E-state index in [1.165, 1.54) is 28.5 Å². The zero-order valence-corrected chi connectivity index (χ0v) is 24.9. The van der Waals surface area contributed by atoms with Gasteiger partial charge in [0.1, 0.15) is 17.0 Å². The number of aryl methyl sites for hydroxylation is 2. The summed E-state index contributed by atoms with van der Waals surface area (Å²) in [6.45, 7) is 8.49. The lowest BCUT2D eigenvalue weighted by atomic mass is 9.88. The Morgan fingerprint density at radius 3 is 2.46 bits per heavy atom. The Morgan fingerprint density at radius 2 is 1.85 bits per heavy atom. The van der Waals surface area contributed by atoms with Crippen LogP contribution in [0.3, 0.4) is 0 Å². The molecule has 9 nitrogen and oxygen atoms in total. The molecule has 2 amide bonds. The highest BCUT2D eigenvalue weighted by Crippen LogP contribution is 2.35. The Hall–Kier alpha value is -2.46. The SMILES string of the molecule is Cc1cc(CN(C)C(=O)OC(C)(C)C)ccc1CCS(=O)(=O)N1CCC2(CC1)N=C(C1CCCCC1)NC2=O. The number of hydrogen-bond donors (Lipinski definition) is 1. The number of nitrogens with zero attached hydrogens (tertiary/aromatic N) is 3. The Bertz CT molecular complexity index is 1210. The van der Waals surface area contributed by atoms with Gasteiger partial charge in [0.15, 0.2) is 0 Å². The minimum absolute atomic E-state index is 0.0147. The van der Waals surface area contributed by atoms with Crippen LogP contribution in [0.1, 0.15) is 82.4 Å². The molecule has 1 aliphatic carbocycles. The van der Waals surface area contributed by atoms with Crippen LogP contribution in [-0.4, -0.2) is 72.5 Å². The second kappa shape index (κ2) is 11.6. The number of piperidine rings is 1. The summed E-state index contributed by atoms with van der Waals surface area (Å²) < 4.78 is 33.3. The quantitative estimate of drug-likeness (QED) is 0.538.